The predicted octanol–water partition coefficient (Wildman–Crippen LogP) is 4.18. The van der Waals surface area contributed by atoms with Crippen LogP contribution in [0.15, 0.2) is 59.8 Å². The Bertz CT molecular complexity index is 1110. The number of carbonyl (C=O) groups is 2. The molecule has 0 radical (unpaired) electrons. The summed E-state index contributed by atoms with van der Waals surface area (Å²) in [6, 6.07) is 17.5. The van der Waals surface area contributed by atoms with Crippen molar-refractivity contribution in [1.82, 2.24) is 19.7 Å². The number of nitrogens with zero attached hydrogens (tertiary/aromatic N) is 4. The normalized spacial score (nSPS) is 14.4. The maximum absolute atomic E-state index is 12.6. The molecule has 2 heterocycles. The Morgan fingerprint density at radius 1 is 1.03 bits per heavy atom. The molecule has 1 aliphatic rings. The topological polar surface area (TPSA) is 94.1 Å². The molecule has 9 heteroatoms. The number of para-hydroxylation sites is 1. The Hall–Kier alpha value is -2.84. The van der Waals surface area contributed by atoms with Gasteiger partial charge in [0, 0.05) is 42.4 Å². The lowest BCUT2D eigenvalue weighted by Gasteiger charge is -2.30. The summed E-state index contributed by atoms with van der Waals surface area (Å²) in [7, 11) is 0. The molecule has 7 nitrogen and oxygen atoms in total. The second-order valence-corrected chi connectivity index (χ2v) is 9.44. The number of thioether (sulfide) groups is 1. The van der Waals surface area contributed by atoms with Crippen LogP contribution >= 0.6 is 23.4 Å². The van der Waals surface area contributed by atoms with E-state index in [2.05, 4.69) is 10.2 Å². The minimum Gasteiger partial charge on any atom is -0.369 e. The molecular formula is C24H26ClN5O2S. The highest BCUT2D eigenvalue weighted by molar-refractivity contribution is 7.99. The van der Waals surface area contributed by atoms with E-state index in [9.17, 15) is 9.59 Å². The number of aromatic nitrogens is 3. The van der Waals surface area contributed by atoms with Crippen molar-refractivity contribution in [3.05, 3.63) is 59.6 Å². The van der Waals surface area contributed by atoms with Crippen LogP contribution in [-0.4, -0.2) is 50.3 Å². The number of hydrogen-bond donors (Lipinski definition) is 1. The van der Waals surface area contributed by atoms with Crippen LogP contribution in [0, 0.1) is 5.92 Å². The second kappa shape index (κ2) is 10.9. The van der Waals surface area contributed by atoms with Crippen LogP contribution in [0.4, 0.5) is 0 Å². The lowest BCUT2D eigenvalue weighted by atomic mass is 9.96. The van der Waals surface area contributed by atoms with Gasteiger partial charge in [-0.05, 0) is 43.5 Å². The number of primary amides is 1. The molecule has 3 aromatic rings. The van der Waals surface area contributed by atoms with E-state index in [4.69, 9.17) is 17.3 Å². The number of benzene rings is 2. The Kier molecular flexibility index (Phi) is 7.67. The maximum atomic E-state index is 12.6. The maximum Gasteiger partial charge on any atom is 0.222 e. The summed E-state index contributed by atoms with van der Waals surface area (Å²) < 4.78 is 2.00. The van der Waals surface area contributed by atoms with E-state index in [1.165, 1.54) is 0 Å². The van der Waals surface area contributed by atoms with Gasteiger partial charge in [0.1, 0.15) is 0 Å². The first-order valence-corrected chi connectivity index (χ1v) is 12.4. The van der Waals surface area contributed by atoms with Crippen molar-refractivity contribution in [3.8, 4) is 17.1 Å². The fourth-order valence-electron chi connectivity index (χ4n) is 3.95. The molecule has 1 aliphatic heterocycles. The predicted molar refractivity (Wildman–Crippen MR) is 130 cm³/mol. The highest BCUT2D eigenvalue weighted by Crippen LogP contribution is 2.32. The average molecular weight is 484 g/mol. The Labute approximate surface area is 202 Å². The molecule has 0 bridgehead atoms. The molecule has 0 spiro atoms. The quantitative estimate of drug-likeness (QED) is 0.383. The number of rotatable bonds is 8. The molecule has 4 rings (SSSR count). The molecule has 1 fully saturated rings. The summed E-state index contributed by atoms with van der Waals surface area (Å²) >= 11 is 8.00. The van der Waals surface area contributed by atoms with E-state index in [1.54, 1.807) is 11.8 Å². The van der Waals surface area contributed by atoms with Gasteiger partial charge in [-0.2, -0.15) is 0 Å². The van der Waals surface area contributed by atoms with Gasteiger partial charge in [0.25, 0.3) is 0 Å². The number of amides is 2. The average Bonchev–Trinajstić information content (AvgIpc) is 3.26. The Morgan fingerprint density at radius 2 is 1.73 bits per heavy atom. The smallest absolute Gasteiger partial charge is 0.222 e. The van der Waals surface area contributed by atoms with Crippen molar-refractivity contribution >= 4 is 35.2 Å². The van der Waals surface area contributed by atoms with Gasteiger partial charge in [0.15, 0.2) is 11.0 Å². The van der Waals surface area contributed by atoms with Crippen LogP contribution in [-0.2, 0) is 9.59 Å². The molecule has 33 heavy (non-hydrogen) atoms. The van der Waals surface area contributed by atoms with Crippen molar-refractivity contribution in [1.29, 1.82) is 0 Å². The Balaban J connectivity index is 1.40. The van der Waals surface area contributed by atoms with Crippen molar-refractivity contribution in [2.24, 2.45) is 11.7 Å². The summed E-state index contributed by atoms with van der Waals surface area (Å²) in [4.78, 5) is 25.7. The number of halogens is 1. The molecule has 2 N–H and O–H groups in total. The molecule has 172 valence electrons. The first-order chi connectivity index (χ1) is 16.0. The highest BCUT2D eigenvalue weighted by Gasteiger charge is 2.25. The fraction of sp³-hybridized carbons (Fsp3) is 0.333. The highest BCUT2D eigenvalue weighted by atomic mass is 35.5. The van der Waals surface area contributed by atoms with Crippen LogP contribution in [0.2, 0.25) is 5.02 Å². The van der Waals surface area contributed by atoms with Gasteiger partial charge >= 0.3 is 0 Å². The third-order valence-corrected chi connectivity index (χ3v) is 7.12. The zero-order valence-corrected chi connectivity index (χ0v) is 19.8. The summed E-state index contributed by atoms with van der Waals surface area (Å²) in [6.07, 6.45) is 2.50. The van der Waals surface area contributed by atoms with Crippen LogP contribution in [0.3, 0.4) is 0 Å². The van der Waals surface area contributed by atoms with E-state index in [-0.39, 0.29) is 17.7 Å². The first-order valence-electron chi connectivity index (χ1n) is 11.0. The molecule has 0 aliphatic carbocycles. The fourth-order valence-corrected chi connectivity index (χ4v) is 5.06. The SMILES string of the molecule is NC(=O)C1CCN(C(=O)CCCSc2nnc(-c3ccccc3Cl)n2-c2ccccc2)CC1. The van der Waals surface area contributed by atoms with Crippen LogP contribution in [0.1, 0.15) is 25.7 Å². The van der Waals surface area contributed by atoms with E-state index in [1.807, 2.05) is 64.1 Å². The van der Waals surface area contributed by atoms with Crippen LogP contribution < -0.4 is 5.73 Å². The summed E-state index contributed by atoms with van der Waals surface area (Å²) in [5, 5.41) is 10.2. The number of piperidine rings is 1. The van der Waals surface area contributed by atoms with Gasteiger partial charge < -0.3 is 10.6 Å². The molecule has 1 aromatic heterocycles. The van der Waals surface area contributed by atoms with E-state index < -0.39 is 0 Å². The van der Waals surface area contributed by atoms with Gasteiger partial charge in [-0.25, -0.2) is 0 Å². The lowest BCUT2D eigenvalue weighted by Crippen LogP contribution is -2.41. The molecule has 0 unspecified atom stereocenters. The third-order valence-electron chi connectivity index (χ3n) is 5.78. The monoisotopic (exact) mass is 483 g/mol. The molecular weight excluding hydrogens is 458 g/mol. The van der Waals surface area contributed by atoms with Crippen LogP contribution in [0.5, 0.6) is 0 Å². The van der Waals surface area contributed by atoms with Gasteiger partial charge in [0.2, 0.25) is 11.8 Å². The van der Waals surface area contributed by atoms with Gasteiger partial charge in [-0.1, -0.05) is 53.7 Å². The van der Waals surface area contributed by atoms with Crippen molar-refractivity contribution in [3.63, 3.8) is 0 Å². The standard InChI is InChI=1S/C24H26ClN5O2S/c25-20-10-5-4-9-19(20)23-27-28-24(30(23)18-7-2-1-3-8-18)33-16-6-11-21(31)29-14-12-17(13-15-29)22(26)32/h1-5,7-10,17H,6,11-16H2,(H2,26,32). The van der Waals surface area contributed by atoms with Crippen molar-refractivity contribution < 1.29 is 9.59 Å². The number of nitrogens with two attached hydrogens (primary N) is 1. The summed E-state index contributed by atoms with van der Waals surface area (Å²) in [6.45, 7) is 1.20. The summed E-state index contributed by atoms with van der Waals surface area (Å²) in [5.41, 5.74) is 7.15. The van der Waals surface area contributed by atoms with Gasteiger partial charge in [0.05, 0.1) is 5.02 Å². The largest absolute Gasteiger partial charge is 0.369 e. The minimum atomic E-state index is -0.266. The third kappa shape index (κ3) is 5.57. The second-order valence-electron chi connectivity index (χ2n) is 7.97. The van der Waals surface area contributed by atoms with E-state index in [0.717, 1.165) is 28.6 Å². The lowest BCUT2D eigenvalue weighted by molar-refractivity contribution is -0.134. The zero-order chi connectivity index (χ0) is 23.2. The Morgan fingerprint density at radius 3 is 2.42 bits per heavy atom. The number of likely N-dealkylation sites (tertiary alicyclic amines) is 1. The molecule has 0 atom stereocenters. The van der Waals surface area contributed by atoms with Crippen LogP contribution in [0.25, 0.3) is 17.1 Å². The van der Waals surface area contributed by atoms with E-state index >= 15 is 0 Å². The zero-order valence-electron chi connectivity index (χ0n) is 18.2. The molecule has 2 amide bonds. The van der Waals surface area contributed by atoms with E-state index in [0.29, 0.717) is 43.2 Å². The number of hydrogen-bond acceptors (Lipinski definition) is 5. The molecule has 0 saturated carbocycles. The minimum absolute atomic E-state index is 0.110. The first kappa shape index (κ1) is 23.3. The van der Waals surface area contributed by atoms with Gasteiger partial charge in [-0.15, -0.1) is 10.2 Å². The molecule has 2 aromatic carbocycles. The van der Waals surface area contributed by atoms with Crippen molar-refractivity contribution in [2.45, 2.75) is 30.8 Å². The van der Waals surface area contributed by atoms with Crippen molar-refractivity contribution in [2.75, 3.05) is 18.8 Å². The van der Waals surface area contributed by atoms with Gasteiger partial charge in [-0.3, -0.25) is 14.2 Å². The molecule has 1 saturated heterocycles. The number of carbonyl (C=O) groups excluding carboxylic acids is 2. The summed E-state index contributed by atoms with van der Waals surface area (Å²) in [5.74, 6) is 1.16.